The van der Waals surface area contributed by atoms with Crippen molar-refractivity contribution in [3.8, 4) is 5.75 Å². The number of ether oxygens (including phenoxy) is 1. The molecule has 0 N–H and O–H groups in total. The summed E-state index contributed by atoms with van der Waals surface area (Å²) in [5.74, 6) is 1.66. The normalized spacial score (nSPS) is 11.1. The Bertz CT molecular complexity index is 802. The fourth-order valence-corrected chi connectivity index (χ4v) is 2.95. The first-order valence-corrected chi connectivity index (χ1v) is 9.14. The van der Waals surface area contributed by atoms with Crippen LogP contribution in [0, 0.1) is 0 Å². The van der Waals surface area contributed by atoms with Crippen molar-refractivity contribution >= 4 is 50.2 Å². The second kappa shape index (κ2) is 7.56. The van der Waals surface area contributed by atoms with Crippen molar-refractivity contribution in [2.24, 2.45) is 0 Å². The Labute approximate surface area is 153 Å². The fraction of sp³-hybridized carbons (Fsp3) is 0.235. The fourth-order valence-electron chi connectivity index (χ4n) is 2.41. The molecular formula is C17H15BrCl2N2O. The molecule has 0 amide bonds. The molecule has 0 unspecified atom stereocenters. The van der Waals surface area contributed by atoms with Crippen LogP contribution in [-0.4, -0.2) is 14.9 Å². The molecule has 23 heavy (non-hydrogen) atoms. The lowest BCUT2D eigenvalue weighted by atomic mass is 10.3. The largest absolute Gasteiger partial charge is 0.486 e. The van der Waals surface area contributed by atoms with Crippen molar-refractivity contribution < 1.29 is 4.74 Å². The average molecular weight is 414 g/mol. The lowest BCUT2D eigenvalue weighted by Gasteiger charge is -2.10. The number of hydrogen-bond acceptors (Lipinski definition) is 2. The molecule has 3 aromatic rings. The maximum Gasteiger partial charge on any atom is 0.147 e. The number of aromatic nitrogens is 2. The highest BCUT2D eigenvalue weighted by Gasteiger charge is 2.11. The SMILES string of the molecule is Clc1ccc(OCc2nc3cc(Cl)ccc3n2CCCBr)cc1. The molecule has 0 spiro atoms. The number of rotatable bonds is 6. The first-order chi connectivity index (χ1) is 11.2. The highest BCUT2D eigenvalue weighted by Crippen LogP contribution is 2.23. The third kappa shape index (κ3) is 4.00. The van der Waals surface area contributed by atoms with Gasteiger partial charge in [0.2, 0.25) is 0 Å². The molecular weight excluding hydrogens is 399 g/mol. The van der Waals surface area contributed by atoms with Gasteiger partial charge in [0.1, 0.15) is 18.2 Å². The number of nitrogens with zero attached hydrogens (tertiary/aromatic N) is 2. The third-order valence-corrected chi connectivity index (χ3v) is 4.53. The van der Waals surface area contributed by atoms with Crippen molar-refractivity contribution in [1.29, 1.82) is 0 Å². The van der Waals surface area contributed by atoms with Crippen LogP contribution in [0.4, 0.5) is 0 Å². The minimum absolute atomic E-state index is 0.399. The second-order valence-electron chi connectivity index (χ2n) is 5.10. The molecule has 0 radical (unpaired) electrons. The van der Waals surface area contributed by atoms with Crippen molar-refractivity contribution in [2.45, 2.75) is 19.6 Å². The summed E-state index contributed by atoms with van der Waals surface area (Å²) in [6, 6.07) is 13.1. The van der Waals surface area contributed by atoms with E-state index >= 15 is 0 Å². The van der Waals surface area contributed by atoms with E-state index in [1.54, 1.807) is 0 Å². The molecule has 0 saturated heterocycles. The van der Waals surface area contributed by atoms with Gasteiger partial charge in [-0.1, -0.05) is 39.1 Å². The first kappa shape index (κ1) is 16.6. The first-order valence-electron chi connectivity index (χ1n) is 7.26. The summed E-state index contributed by atoms with van der Waals surface area (Å²) in [5.41, 5.74) is 1.96. The van der Waals surface area contributed by atoms with Crippen LogP contribution < -0.4 is 4.74 Å². The molecule has 6 heteroatoms. The van der Waals surface area contributed by atoms with Crippen molar-refractivity contribution in [1.82, 2.24) is 9.55 Å². The molecule has 0 aliphatic heterocycles. The van der Waals surface area contributed by atoms with E-state index in [9.17, 15) is 0 Å². The van der Waals surface area contributed by atoms with E-state index in [4.69, 9.17) is 27.9 Å². The minimum Gasteiger partial charge on any atom is -0.486 e. The van der Waals surface area contributed by atoms with Crippen LogP contribution in [0.3, 0.4) is 0 Å². The number of aryl methyl sites for hydroxylation is 1. The molecule has 0 aliphatic rings. The van der Waals surface area contributed by atoms with Crippen LogP contribution >= 0.6 is 39.1 Å². The lowest BCUT2D eigenvalue weighted by Crippen LogP contribution is -2.08. The average Bonchev–Trinajstić information content (AvgIpc) is 2.89. The zero-order chi connectivity index (χ0) is 16.2. The molecule has 0 aliphatic carbocycles. The second-order valence-corrected chi connectivity index (χ2v) is 6.76. The summed E-state index contributed by atoms with van der Waals surface area (Å²) in [6.07, 6.45) is 1.02. The monoisotopic (exact) mass is 412 g/mol. The van der Waals surface area contributed by atoms with Gasteiger partial charge in [0.25, 0.3) is 0 Å². The Kier molecular flexibility index (Phi) is 5.46. The Balaban J connectivity index is 1.87. The van der Waals surface area contributed by atoms with Gasteiger partial charge in [0.15, 0.2) is 0 Å². The smallest absolute Gasteiger partial charge is 0.147 e. The van der Waals surface area contributed by atoms with E-state index in [0.29, 0.717) is 16.7 Å². The van der Waals surface area contributed by atoms with E-state index in [1.807, 2.05) is 42.5 Å². The van der Waals surface area contributed by atoms with Gasteiger partial charge in [-0.25, -0.2) is 4.98 Å². The van der Waals surface area contributed by atoms with Gasteiger partial charge in [-0.05, 0) is 48.9 Å². The highest BCUT2D eigenvalue weighted by atomic mass is 79.9. The van der Waals surface area contributed by atoms with Gasteiger partial charge < -0.3 is 9.30 Å². The van der Waals surface area contributed by atoms with Gasteiger partial charge in [-0.15, -0.1) is 0 Å². The van der Waals surface area contributed by atoms with Crippen LogP contribution in [0.1, 0.15) is 12.2 Å². The number of imidazole rings is 1. The Hall–Kier alpha value is -1.23. The molecule has 0 saturated carbocycles. The molecule has 0 fully saturated rings. The topological polar surface area (TPSA) is 27.1 Å². The minimum atomic E-state index is 0.399. The van der Waals surface area contributed by atoms with Crippen molar-refractivity contribution in [2.75, 3.05) is 5.33 Å². The number of halogens is 3. The van der Waals surface area contributed by atoms with Gasteiger partial charge in [-0.3, -0.25) is 0 Å². The summed E-state index contributed by atoms with van der Waals surface area (Å²) in [4.78, 5) is 4.67. The summed E-state index contributed by atoms with van der Waals surface area (Å²) < 4.78 is 8.02. The maximum absolute atomic E-state index is 6.07. The summed E-state index contributed by atoms with van der Waals surface area (Å²) in [7, 11) is 0. The Morgan fingerprint density at radius 1 is 1.04 bits per heavy atom. The molecule has 1 aromatic heterocycles. The summed E-state index contributed by atoms with van der Waals surface area (Å²) in [6.45, 7) is 1.28. The van der Waals surface area contributed by atoms with Gasteiger partial charge >= 0.3 is 0 Å². The summed E-state index contributed by atoms with van der Waals surface area (Å²) in [5, 5.41) is 2.32. The van der Waals surface area contributed by atoms with Gasteiger partial charge in [0.05, 0.1) is 11.0 Å². The standard InChI is InChI=1S/C17H15BrCl2N2O/c18-8-1-9-22-16-7-4-13(20)10-15(16)21-17(22)11-23-14-5-2-12(19)3-6-14/h2-7,10H,1,8-9,11H2. The van der Waals surface area contributed by atoms with Gasteiger partial charge in [-0.2, -0.15) is 0 Å². The quantitative estimate of drug-likeness (QED) is 0.484. The van der Waals surface area contributed by atoms with E-state index in [-0.39, 0.29) is 0 Å². The highest BCUT2D eigenvalue weighted by molar-refractivity contribution is 9.09. The molecule has 2 aromatic carbocycles. The Morgan fingerprint density at radius 3 is 2.52 bits per heavy atom. The van der Waals surface area contributed by atoms with E-state index in [2.05, 4.69) is 25.5 Å². The molecule has 0 bridgehead atoms. The van der Waals surface area contributed by atoms with E-state index in [0.717, 1.165) is 40.9 Å². The van der Waals surface area contributed by atoms with Crippen LogP contribution in [0.5, 0.6) is 5.75 Å². The van der Waals surface area contributed by atoms with E-state index in [1.165, 1.54) is 0 Å². The number of alkyl halides is 1. The predicted molar refractivity (Wildman–Crippen MR) is 98.9 cm³/mol. The molecule has 0 atom stereocenters. The molecule has 120 valence electrons. The zero-order valence-corrected chi connectivity index (χ0v) is 15.4. The number of benzene rings is 2. The van der Waals surface area contributed by atoms with Crippen LogP contribution in [-0.2, 0) is 13.2 Å². The number of fused-ring (bicyclic) bond motifs is 1. The van der Waals surface area contributed by atoms with Crippen molar-refractivity contribution in [3.63, 3.8) is 0 Å². The van der Waals surface area contributed by atoms with Gasteiger partial charge in [0, 0.05) is 21.9 Å². The Morgan fingerprint density at radius 2 is 1.78 bits per heavy atom. The number of hydrogen-bond donors (Lipinski definition) is 0. The van der Waals surface area contributed by atoms with Crippen molar-refractivity contribution in [3.05, 3.63) is 58.3 Å². The third-order valence-electron chi connectivity index (χ3n) is 3.49. The lowest BCUT2D eigenvalue weighted by molar-refractivity contribution is 0.290. The zero-order valence-electron chi connectivity index (χ0n) is 12.3. The molecule has 3 rings (SSSR count). The van der Waals surface area contributed by atoms with Crippen LogP contribution in [0.25, 0.3) is 11.0 Å². The maximum atomic E-state index is 6.07. The van der Waals surface area contributed by atoms with Crippen LogP contribution in [0.15, 0.2) is 42.5 Å². The summed E-state index contributed by atoms with van der Waals surface area (Å²) >= 11 is 15.4. The molecule has 1 heterocycles. The van der Waals surface area contributed by atoms with Crippen LogP contribution in [0.2, 0.25) is 10.0 Å². The predicted octanol–water partition coefficient (Wildman–Crippen LogP) is 5.71. The van der Waals surface area contributed by atoms with E-state index < -0.39 is 0 Å². The molecule has 3 nitrogen and oxygen atoms in total.